The van der Waals surface area contributed by atoms with Crippen LogP contribution in [0.3, 0.4) is 0 Å². The Morgan fingerprint density at radius 1 is 0.600 bits per heavy atom. The van der Waals surface area contributed by atoms with Gasteiger partial charge in [-0.3, -0.25) is 4.90 Å². The van der Waals surface area contributed by atoms with Crippen molar-refractivity contribution in [3.05, 3.63) is 0 Å². The maximum Gasteiger partial charge on any atom is 0.0164 e. The lowest BCUT2D eigenvalue weighted by molar-refractivity contribution is -0.00406. The van der Waals surface area contributed by atoms with Gasteiger partial charge < -0.3 is 0 Å². The van der Waals surface area contributed by atoms with Crippen LogP contribution in [0.1, 0.15) is 44.9 Å². The molecule has 0 radical (unpaired) electrons. The average molecular weight is 269 g/mol. The predicted octanol–water partition coefficient (Wildman–Crippen LogP) is 3.40. The second-order valence-electron chi connectivity index (χ2n) is 9.65. The number of rotatable bonds is 0. The van der Waals surface area contributed by atoms with Gasteiger partial charge in [-0.2, -0.15) is 0 Å². The first-order valence-electron chi connectivity index (χ1n) is 9.67. The lowest BCUT2D eigenvalue weighted by atomic mass is 9.63. The minimum absolute atomic E-state index is 1.08. The second kappa shape index (κ2) is 3.16. The molecule has 12 unspecified atom stereocenters. The molecular weight excluding hydrogens is 242 g/mol. The second-order valence-corrected chi connectivity index (χ2v) is 9.65. The third kappa shape index (κ3) is 0.919. The quantitative estimate of drug-likeness (QED) is 0.651. The molecule has 6 bridgehead atoms. The Kier molecular flexibility index (Phi) is 1.68. The summed E-state index contributed by atoms with van der Waals surface area (Å²) in [7, 11) is 0. The summed E-state index contributed by atoms with van der Waals surface area (Å²) in [5.74, 6) is 10.5. The fourth-order valence-electron chi connectivity index (χ4n) is 9.74. The molecule has 108 valence electrons. The van der Waals surface area contributed by atoms with Crippen LogP contribution in [-0.2, 0) is 0 Å². The molecule has 7 rings (SSSR count). The van der Waals surface area contributed by atoms with E-state index < -0.39 is 0 Å². The fourth-order valence-corrected chi connectivity index (χ4v) is 9.74. The third-order valence-corrected chi connectivity index (χ3v) is 9.71. The van der Waals surface area contributed by atoms with Crippen LogP contribution in [0, 0.1) is 53.3 Å². The Labute approximate surface area is 122 Å². The summed E-state index contributed by atoms with van der Waals surface area (Å²) in [6.07, 6.45) is 11.3. The van der Waals surface area contributed by atoms with Gasteiger partial charge >= 0.3 is 0 Å². The van der Waals surface area contributed by atoms with Crippen molar-refractivity contribution in [3.63, 3.8) is 0 Å². The van der Waals surface area contributed by atoms with E-state index in [9.17, 15) is 0 Å². The highest BCUT2D eigenvalue weighted by atomic mass is 15.3. The van der Waals surface area contributed by atoms with E-state index in [2.05, 4.69) is 4.90 Å². The molecule has 0 amide bonds. The van der Waals surface area contributed by atoms with Crippen LogP contribution in [0.2, 0.25) is 0 Å². The van der Waals surface area contributed by atoms with E-state index in [1.165, 1.54) is 35.5 Å². The maximum atomic E-state index is 3.14. The summed E-state index contributed by atoms with van der Waals surface area (Å²) < 4.78 is 0. The molecule has 0 aromatic carbocycles. The SMILES string of the molecule is C1CC2C(C1)C1CC2C2C3CN(C4C5CCC(C5)C34)C12. The Bertz CT molecular complexity index is 446. The monoisotopic (exact) mass is 269 g/mol. The third-order valence-electron chi connectivity index (χ3n) is 9.71. The number of nitrogens with zero attached hydrogens (tertiary/aromatic N) is 1. The smallest absolute Gasteiger partial charge is 0.0164 e. The first-order valence-corrected chi connectivity index (χ1v) is 9.67. The van der Waals surface area contributed by atoms with Gasteiger partial charge in [0.1, 0.15) is 0 Å². The number of hydrogen-bond acceptors (Lipinski definition) is 1. The molecule has 2 saturated heterocycles. The van der Waals surface area contributed by atoms with E-state index in [-0.39, 0.29) is 0 Å². The number of piperidine rings is 1. The molecule has 7 fully saturated rings. The van der Waals surface area contributed by atoms with Crippen molar-refractivity contribution in [2.75, 3.05) is 6.54 Å². The zero-order valence-corrected chi connectivity index (χ0v) is 12.5. The first-order chi connectivity index (χ1) is 9.92. The highest BCUT2D eigenvalue weighted by molar-refractivity contribution is 5.23. The molecule has 0 N–H and O–H groups in total. The lowest BCUT2D eigenvalue weighted by Crippen LogP contribution is -2.53. The number of fused-ring (bicyclic) bond motifs is 19. The van der Waals surface area contributed by atoms with Crippen LogP contribution in [-0.4, -0.2) is 23.5 Å². The van der Waals surface area contributed by atoms with Gasteiger partial charge in [-0.25, -0.2) is 0 Å². The van der Waals surface area contributed by atoms with Crippen LogP contribution in [0.5, 0.6) is 0 Å². The largest absolute Gasteiger partial charge is 0.296 e. The van der Waals surface area contributed by atoms with Gasteiger partial charge in [-0.15, -0.1) is 0 Å². The summed E-state index contributed by atoms with van der Waals surface area (Å²) in [6.45, 7) is 1.55. The molecule has 12 atom stereocenters. The molecule has 1 nitrogen and oxygen atoms in total. The average Bonchev–Trinajstić information content (AvgIpc) is 3.23. The molecule has 5 saturated carbocycles. The molecule has 0 aromatic rings. The minimum atomic E-state index is 1.08. The van der Waals surface area contributed by atoms with Gasteiger partial charge in [0.15, 0.2) is 0 Å². The van der Waals surface area contributed by atoms with Crippen LogP contribution >= 0.6 is 0 Å². The van der Waals surface area contributed by atoms with Crippen LogP contribution in [0.4, 0.5) is 0 Å². The van der Waals surface area contributed by atoms with Crippen molar-refractivity contribution in [1.82, 2.24) is 4.90 Å². The van der Waals surface area contributed by atoms with Gasteiger partial charge in [-0.05, 0) is 91.8 Å². The Balaban J connectivity index is 1.33. The van der Waals surface area contributed by atoms with Crippen molar-refractivity contribution >= 4 is 0 Å². The van der Waals surface area contributed by atoms with Crippen molar-refractivity contribution in [2.45, 2.75) is 57.0 Å². The maximum absolute atomic E-state index is 3.14. The van der Waals surface area contributed by atoms with Crippen LogP contribution in [0.15, 0.2) is 0 Å². The summed E-state index contributed by atoms with van der Waals surface area (Å²) in [4.78, 5) is 3.14. The number of hydrogen-bond donors (Lipinski definition) is 0. The topological polar surface area (TPSA) is 3.24 Å². The summed E-state index contributed by atoms with van der Waals surface area (Å²) >= 11 is 0. The Morgan fingerprint density at radius 3 is 2.40 bits per heavy atom. The molecule has 1 heteroatoms. The Hall–Kier alpha value is -0.0400. The molecule has 7 aliphatic rings. The summed E-state index contributed by atoms with van der Waals surface area (Å²) in [5.41, 5.74) is 0. The Morgan fingerprint density at radius 2 is 1.45 bits per heavy atom. The summed E-state index contributed by atoms with van der Waals surface area (Å²) in [6, 6.07) is 2.17. The molecule has 20 heavy (non-hydrogen) atoms. The van der Waals surface area contributed by atoms with Crippen LogP contribution in [0.25, 0.3) is 0 Å². The first kappa shape index (κ1) is 10.6. The van der Waals surface area contributed by atoms with Gasteiger partial charge in [0, 0.05) is 18.6 Å². The van der Waals surface area contributed by atoms with Crippen molar-refractivity contribution < 1.29 is 0 Å². The molecular formula is C19H27N. The molecule has 2 heterocycles. The van der Waals surface area contributed by atoms with E-state index in [0.717, 1.165) is 29.8 Å². The zero-order valence-electron chi connectivity index (χ0n) is 12.5. The molecule has 0 aromatic heterocycles. The fraction of sp³-hybridized carbons (Fsp3) is 1.00. The zero-order chi connectivity index (χ0) is 12.6. The van der Waals surface area contributed by atoms with E-state index in [4.69, 9.17) is 0 Å². The standard InChI is InChI=1S/C19H27N/c1-2-11-12(3-1)14-7-13(11)17-15-8-20(19(14)17)18-10-5-4-9(6-10)16(15)18/h9-19H,1-8H2. The van der Waals surface area contributed by atoms with E-state index in [1.807, 2.05) is 0 Å². The van der Waals surface area contributed by atoms with Gasteiger partial charge in [-0.1, -0.05) is 6.42 Å². The minimum Gasteiger partial charge on any atom is -0.296 e. The molecule has 5 aliphatic carbocycles. The van der Waals surface area contributed by atoms with Crippen molar-refractivity contribution in [1.29, 1.82) is 0 Å². The van der Waals surface area contributed by atoms with E-state index >= 15 is 0 Å². The van der Waals surface area contributed by atoms with Gasteiger partial charge in [0.05, 0.1) is 0 Å². The van der Waals surface area contributed by atoms with Crippen molar-refractivity contribution in [2.24, 2.45) is 53.3 Å². The van der Waals surface area contributed by atoms with Gasteiger partial charge in [0.2, 0.25) is 0 Å². The predicted molar refractivity (Wildman–Crippen MR) is 78.0 cm³/mol. The molecule has 2 aliphatic heterocycles. The van der Waals surface area contributed by atoms with Crippen molar-refractivity contribution in [3.8, 4) is 0 Å². The highest BCUT2D eigenvalue weighted by Crippen LogP contribution is 2.72. The lowest BCUT2D eigenvalue weighted by Gasteiger charge is -2.49. The summed E-state index contributed by atoms with van der Waals surface area (Å²) in [5, 5.41) is 0. The van der Waals surface area contributed by atoms with Gasteiger partial charge in [0.25, 0.3) is 0 Å². The van der Waals surface area contributed by atoms with E-state index in [0.29, 0.717) is 0 Å². The normalized spacial score (nSPS) is 74.4. The van der Waals surface area contributed by atoms with E-state index in [1.54, 1.807) is 51.5 Å². The highest BCUT2D eigenvalue weighted by Gasteiger charge is 2.72. The molecule has 0 spiro atoms. The van der Waals surface area contributed by atoms with Crippen LogP contribution < -0.4 is 0 Å².